The number of fused-ring (bicyclic) bond motifs is 1. The van der Waals surface area contributed by atoms with Crippen molar-refractivity contribution in [2.24, 2.45) is 0 Å². The fraction of sp³-hybridized carbons (Fsp3) is 0.0769. The van der Waals surface area contributed by atoms with Gasteiger partial charge in [0.15, 0.2) is 5.78 Å². The van der Waals surface area contributed by atoms with Gasteiger partial charge in [-0.05, 0) is 49.4 Å². The molecule has 168 valence electrons. The number of hydrogen-bond donors (Lipinski definition) is 0. The maximum Gasteiger partial charge on any atom is 0.261 e. The molecule has 8 heteroatoms. The van der Waals surface area contributed by atoms with Gasteiger partial charge in [0, 0.05) is 22.3 Å². The second-order valence-corrected chi connectivity index (χ2v) is 8.72. The summed E-state index contributed by atoms with van der Waals surface area (Å²) in [5.74, 6) is -0.628. The molecular weight excluding hydrogens is 473 g/mol. The smallest absolute Gasteiger partial charge is 0.261 e. The Bertz CT molecular complexity index is 1460. The largest absolute Gasteiger partial charge is 0.301 e. The summed E-state index contributed by atoms with van der Waals surface area (Å²) in [5.41, 5.74) is 2.57. The van der Waals surface area contributed by atoms with Crippen molar-refractivity contribution in [1.82, 2.24) is 14.5 Å². The lowest BCUT2D eigenvalue weighted by Gasteiger charge is -2.17. The monoisotopic (exact) mass is 489 g/mol. The number of carbonyl (C=O) groups is 3. The Labute approximate surface area is 205 Å². The van der Waals surface area contributed by atoms with Crippen LogP contribution in [0.15, 0.2) is 72.9 Å². The number of carbonyl (C=O) groups excluding carboxylic acids is 3. The van der Waals surface area contributed by atoms with Crippen molar-refractivity contribution in [1.29, 1.82) is 0 Å². The lowest BCUT2D eigenvalue weighted by molar-refractivity contribution is 0.0637. The van der Waals surface area contributed by atoms with E-state index < -0.39 is 0 Å². The average Bonchev–Trinajstić information content (AvgIpc) is 3.31. The zero-order valence-corrected chi connectivity index (χ0v) is 19.5. The third-order valence-electron chi connectivity index (χ3n) is 5.66. The minimum Gasteiger partial charge on any atom is -0.301 e. The summed E-state index contributed by atoms with van der Waals surface area (Å²) in [4.78, 5) is 44.9. The zero-order chi connectivity index (χ0) is 24.0. The molecule has 4 aromatic rings. The van der Waals surface area contributed by atoms with Crippen molar-refractivity contribution in [2.75, 3.05) is 0 Å². The van der Waals surface area contributed by atoms with Crippen molar-refractivity contribution in [3.05, 3.63) is 117 Å². The van der Waals surface area contributed by atoms with E-state index >= 15 is 0 Å². The molecule has 5 rings (SSSR count). The van der Waals surface area contributed by atoms with Gasteiger partial charge in [0.1, 0.15) is 5.82 Å². The summed E-state index contributed by atoms with van der Waals surface area (Å²) < 4.78 is 1.71. The first-order valence-corrected chi connectivity index (χ1v) is 11.2. The molecule has 6 nitrogen and oxygen atoms in total. The molecule has 0 aliphatic carbocycles. The molecule has 0 atom stereocenters. The van der Waals surface area contributed by atoms with Crippen LogP contribution in [0, 0.1) is 6.92 Å². The standard InChI is InChI=1S/C26H17Cl2N3O3/c1-15-13-30(23(29-15)14-31-25(33)17-6-2-3-7-18(17)26(31)34)22-11-10-16(27)12-20(22)24(32)19-8-4-5-9-21(19)28/h2-13H,14H2,1H3. The lowest BCUT2D eigenvalue weighted by Crippen LogP contribution is -2.30. The van der Waals surface area contributed by atoms with Gasteiger partial charge in [0.25, 0.3) is 11.8 Å². The highest BCUT2D eigenvalue weighted by Crippen LogP contribution is 2.29. The fourth-order valence-electron chi connectivity index (χ4n) is 4.08. The molecule has 3 aromatic carbocycles. The van der Waals surface area contributed by atoms with E-state index in [9.17, 15) is 14.4 Å². The molecule has 1 aliphatic heterocycles. The van der Waals surface area contributed by atoms with Gasteiger partial charge in [-0.25, -0.2) is 4.98 Å². The number of benzene rings is 3. The molecule has 34 heavy (non-hydrogen) atoms. The van der Waals surface area contributed by atoms with Gasteiger partial charge in [-0.1, -0.05) is 47.5 Å². The fourth-order valence-corrected chi connectivity index (χ4v) is 4.48. The second kappa shape index (κ2) is 8.56. The van der Waals surface area contributed by atoms with Crippen LogP contribution in [0.3, 0.4) is 0 Å². The van der Waals surface area contributed by atoms with Crippen LogP contribution >= 0.6 is 23.2 Å². The number of amides is 2. The van der Waals surface area contributed by atoms with Crippen LogP contribution in [0.5, 0.6) is 0 Å². The first-order chi connectivity index (χ1) is 16.3. The Hall–Kier alpha value is -3.74. The molecule has 0 spiro atoms. The van der Waals surface area contributed by atoms with E-state index in [1.807, 2.05) is 0 Å². The Kier molecular flexibility index (Phi) is 5.55. The first-order valence-electron chi connectivity index (χ1n) is 10.4. The van der Waals surface area contributed by atoms with Gasteiger partial charge in [0.05, 0.1) is 34.1 Å². The summed E-state index contributed by atoms with van der Waals surface area (Å²) in [6.45, 7) is 1.75. The van der Waals surface area contributed by atoms with Gasteiger partial charge >= 0.3 is 0 Å². The summed E-state index contributed by atoms with van der Waals surface area (Å²) in [6, 6.07) is 18.4. The lowest BCUT2D eigenvalue weighted by atomic mass is 10.0. The van der Waals surface area contributed by atoms with Crippen molar-refractivity contribution >= 4 is 40.8 Å². The molecule has 0 bridgehead atoms. The van der Waals surface area contributed by atoms with E-state index in [2.05, 4.69) is 4.98 Å². The quantitative estimate of drug-likeness (QED) is 0.273. The Morgan fingerprint density at radius 3 is 2.21 bits per heavy atom. The van der Waals surface area contributed by atoms with Crippen LogP contribution in [-0.4, -0.2) is 32.0 Å². The predicted molar refractivity (Wildman–Crippen MR) is 129 cm³/mol. The van der Waals surface area contributed by atoms with Gasteiger partial charge < -0.3 is 4.57 Å². The second-order valence-electron chi connectivity index (χ2n) is 7.88. The minimum absolute atomic E-state index is 0.0530. The number of aromatic nitrogens is 2. The third kappa shape index (κ3) is 3.71. The Balaban J connectivity index is 1.58. The summed E-state index contributed by atoms with van der Waals surface area (Å²) in [7, 11) is 0. The summed E-state index contributed by atoms with van der Waals surface area (Å²) in [5, 5.41) is 0.712. The SMILES string of the molecule is Cc1cn(-c2ccc(Cl)cc2C(=O)c2ccccc2Cl)c(CN2C(=O)c3ccccc3C2=O)n1. The highest BCUT2D eigenvalue weighted by atomic mass is 35.5. The molecule has 2 heterocycles. The summed E-state index contributed by atoms with van der Waals surface area (Å²) >= 11 is 12.5. The Morgan fingerprint density at radius 2 is 1.53 bits per heavy atom. The number of halogens is 2. The van der Waals surface area contributed by atoms with Crippen LogP contribution < -0.4 is 0 Å². The molecule has 0 radical (unpaired) electrons. The molecule has 0 N–H and O–H groups in total. The van der Waals surface area contributed by atoms with E-state index in [4.69, 9.17) is 23.2 Å². The third-order valence-corrected chi connectivity index (χ3v) is 6.22. The van der Waals surface area contributed by atoms with Crippen molar-refractivity contribution in [3.8, 4) is 5.69 Å². The minimum atomic E-state index is -0.378. The van der Waals surface area contributed by atoms with Crippen LogP contribution in [0.4, 0.5) is 0 Å². The van der Waals surface area contributed by atoms with Crippen LogP contribution in [0.2, 0.25) is 10.0 Å². The van der Waals surface area contributed by atoms with Gasteiger partial charge in [0.2, 0.25) is 0 Å². The van der Waals surface area contributed by atoms with Crippen LogP contribution in [0.1, 0.15) is 48.2 Å². The number of aryl methyl sites for hydroxylation is 1. The van der Waals surface area contributed by atoms with E-state index in [1.54, 1.807) is 84.4 Å². The molecule has 0 fully saturated rings. The van der Waals surface area contributed by atoms with E-state index in [-0.39, 0.29) is 24.1 Å². The number of nitrogens with zero attached hydrogens (tertiary/aromatic N) is 3. The number of rotatable bonds is 5. The van der Waals surface area contributed by atoms with E-state index in [0.717, 1.165) is 4.90 Å². The van der Waals surface area contributed by atoms with Crippen molar-refractivity contribution < 1.29 is 14.4 Å². The van der Waals surface area contributed by atoms with Gasteiger partial charge in [-0.3, -0.25) is 19.3 Å². The molecule has 0 saturated carbocycles. The number of imidazole rings is 1. The maximum absolute atomic E-state index is 13.4. The maximum atomic E-state index is 13.4. The van der Waals surface area contributed by atoms with Crippen molar-refractivity contribution in [3.63, 3.8) is 0 Å². The number of hydrogen-bond acceptors (Lipinski definition) is 4. The highest BCUT2D eigenvalue weighted by Gasteiger charge is 2.36. The predicted octanol–water partition coefficient (Wildman–Crippen LogP) is 5.51. The molecule has 1 aromatic heterocycles. The molecule has 2 amide bonds. The molecular formula is C26H17Cl2N3O3. The van der Waals surface area contributed by atoms with Crippen LogP contribution in [0.25, 0.3) is 5.69 Å². The Morgan fingerprint density at radius 1 is 0.882 bits per heavy atom. The van der Waals surface area contributed by atoms with Crippen molar-refractivity contribution in [2.45, 2.75) is 13.5 Å². The average molecular weight is 490 g/mol. The molecule has 1 aliphatic rings. The van der Waals surface area contributed by atoms with Crippen LogP contribution in [-0.2, 0) is 6.54 Å². The summed E-state index contributed by atoms with van der Waals surface area (Å²) in [6.07, 6.45) is 1.75. The highest BCUT2D eigenvalue weighted by molar-refractivity contribution is 6.35. The zero-order valence-electron chi connectivity index (χ0n) is 18.0. The number of imide groups is 1. The normalized spacial score (nSPS) is 12.9. The van der Waals surface area contributed by atoms with E-state index in [1.165, 1.54) is 0 Å². The van der Waals surface area contributed by atoms with Gasteiger partial charge in [-0.2, -0.15) is 0 Å². The molecule has 0 saturated heterocycles. The molecule has 0 unspecified atom stereocenters. The number of ketones is 1. The van der Waals surface area contributed by atoms with Gasteiger partial charge in [-0.15, -0.1) is 0 Å². The van der Waals surface area contributed by atoms with E-state index in [0.29, 0.717) is 49.5 Å². The first kappa shape index (κ1) is 22.1. The topological polar surface area (TPSA) is 72.3 Å².